The Morgan fingerprint density at radius 1 is 1.08 bits per heavy atom. The van der Waals surface area contributed by atoms with Crippen LogP contribution >= 0.6 is 0 Å². The minimum atomic E-state index is -1.93. The quantitative estimate of drug-likeness (QED) is 0.165. The molecular formula is C37H51NO12. The number of carbonyl (C=O) groups is 4. The van der Waals surface area contributed by atoms with Crippen molar-refractivity contribution >= 4 is 23.8 Å². The van der Waals surface area contributed by atoms with E-state index >= 15 is 0 Å². The molecule has 1 aromatic rings. The van der Waals surface area contributed by atoms with Gasteiger partial charge in [-0.25, -0.2) is 9.59 Å². The van der Waals surface area contributed by atoms with Crippen LogP contribution in [-0.4, -0.2) is 98.2 Å². The number of carbonyl (C=O) groups excluding carboxylic acids is 4. The summed E-state index contributed by atoms with van der Waals surface area (Å²) in [6.07, 6.45) is -8.18. The summed E-state index contributed by atoms with van der Waals surface area (Å²) in [4.78, 5) is 53.6. The number of benzene rings is 1. The average molecular weight is 702 g/mol. The van der Waals surface area contributed by atoms with Crippen molar-refractivity contribution in [2.75, 3.05) is 6.61 Å². The number of amides is 1. The van der Waals surface area contributed by atoms with Gasteiger partial charge in [0.15, 0.2) is 17.5 Å². The number of rotatable bonds is 6. The molecule has 0 unspecified atom stereocenters. The lowest BCUT2D eigenvalue weighted by Crippen LogP contribution is -2.79. The van der Waals surface area contributed by atoms with Crippen molar-refractivity contribution in [3.05, 3.63) is 47.0 Å². The van der Waals surface area contributed by atoms with Crippen molar-refractivity contribution in [1.82, 2.24) is 5.32 Å². The highest BCUT2D eigenvalue weighted by molar-refractivity contribution is 5.93. The second-order valence-corrected chi connectivity index (χ2v) is 16.2. The summed E-state index contributed by atoms with van der Waals surface area (Å²) < 4.78 is 23.0. The summed E-state index contributed by atoms with van der Waals surface area (Å²) in [5.74, 6) is -4.40. The summed E-state index contributed by atoms with van der Waals surface area (Å²) >= 11 is 0. The number of ketones is 1. The number of esters is 2. The Hall–Kier alpha value is -3.36. The van der Waals surface area contributed by atoms with E-state index in [0.717, 1.165) is 0 Å². The first kappa shape index (κ1) is 37.9. The zero-order valence-corrected chi connectivity index (χ0v) is 30.2. The van der Waals surface area contributed by atoms with Gasteiger partial charge >= 0.3 is 18.0 Å². The highest BCUT2D eigenvalue weighted by atomic mass is 16.6. The average Bonchev–Trinajstić information content (AvgIpc) is 3.01. The van der Waals surface area contributed by atoms with Gasteiger partial charge in [0, 0.05) is 31.1 Å². The third-order valence-corrected chi connectivity index (χ3v) is 11.8. The molecule has 1 saturated heterocycles. The zero-order valence-electron chi connectivity index (χ0n) is 30.2. The molecule has 1 heterocycles. The molecule has 2 saturated carbocycles. The van der Waals surface area contributed by atoms with Crippen LogP contribution in [0.25, 0.3) is 0 Å². The number of aliphatic hydroxyl groups excluding tert-OH is 3. The van der Waals surface area contributed by atoms with E-state index < -0.39 is 99.8 Å². The molecule has 50 heavy (non-hydrogen) atoms. The number of nitrogens with one attached hydrogen (secondary N) is 1. The fourth-order valence-corrected chi connectivity index (χ4v) is 9.29. The Labute approximate surface area is 292 Å². The molecule has 3 aliphatic carbocycles. The Morgan fingerprint density at radius 3 is 2.24 bits per heavy atom. The summed E-state index contributed by atoms with van der Waals surface area (Å²) in [6, 6.07) is 7.03. The third-order valence-electron chi connectivity index (χ3n) is 11.8. The van der Waals surface area contributed by atoms with Gasteiger partial charge in [-0.15, -0.1) is 0 Å². The van der Waals surface area contributed by atoms with Gasteiger partial charge < -0.3 is 44.7 Å². The van der Waals surface area contributed by atoms with Crippen LogP contribution < -0.4 is 5.32 Å². The molecule has 2 bridgehead atoms. The molecule has 1 aliphatic heterocycles. The summed E-state index contributed by atoms with van der Waals surface area (Å²) in [7, 11) is 0. The van der Waals surface area contributed by atoms with E-state index in [1.54, 1.807) is 78.8 Å². The van der Waals surface area contributed by atoms with Crippen molar-refractivity contribution in [3.8, 4) is 0 Å². The van der Waals surface area contributed by atoms with Crippen molar-refractivity contribution in [2.45, 2.75) is 129 Å². The molecule has 13 nitrogen and oxygen atoms in total. The maximum absolute atomic E-state index is 14.5. The number of ether oxygens (including phenoxy) is 4. The van der Waals surface area contributed by atoms with E-state index in [2.05, 4.69) is 5.32 Å². The first-order chi connectivity index (χ1) is 23.0. The molecule has 0 radical (unpaired) electrons. The van der Waals surface area contributed by atoms with Crippen LogP contribution in [0.2, 0.25) is 0 Å². The van der Waals surface area contributed by atoms with Gasteiger partial charge in [-0.05, 0) is 57.2 Å². The first-order valence-corrected chi connectivity index (χ1v) is 17.1. The van der Waals surface area contributed by atoms with Crippen LogP contribution in [0, 0.1) is 22.7 Å². The topological polar surface area (TPSA) is 198 Å². The van der Waals surface area contributed by atoms with Crippen LogP contribution in [0.5, 0.6) is 0 Å². The Kier molecular flexibility index (Phi) is 9.62. The van der Waals surface area contributed by atoms with Crippen molar-refractivity contribution in [3.63, 3.8) is 0 Å². The fourth-order valence-electron chi connectivity index (χ4n) is 9.29. The van der Waals surface area contributed by atoms with E-state index in [1.807, 2.05) is 0 Å². The molecule has 3 fully saturated rings. The van der Waals surface area contributed by atoms with Crippen molar-refractivity contribution in [2.24, 2.45) is 22.7 Å². The van der Waals surface area contributed by atoms with Crippen LogP contribution in [0.15, 0.2) is 41.5 Å². The highest BCUT2D eigenvalue weighted by Gasteiger charge is 2.75. The second-order valence-electron chi connectivity index (χ2n) is 16.2. The van der Waals surface area contributed by atoms with Gasteiger partial charge in [0.2, 0.25) is 0 Å². The molecule has 11 atom stereocenters. The number of aliphatic hydroxyl groups is 4. The van der Waals surface area contributed by atoms with E-state index in [1.165, 1.54) is 13.8 Å². The van der Waals surface area contributed by atoms with E-state index in [4.69, 9.17) is 18.9 Å². The monoisotopic (exact) mass is 701 g/mol. The Balaban J connectivity index is 1.56. The smallest absolute Gasteiger partial charge is 0.408 e. The number of Topliss-reactive ketones (excluding diaryl/α,β-unsaturated/α-hetero) is 1. The van der Waals surface area contributed by atoms with Gasteiger partial charge in [0.25, 0.3) is 0 Å². The lowest BCUT2D eigenvalue weighted by Gasteiger charge is -2.68. The number of alkyl carbamates (subject to hydrolysis) is 1. The van der Waals surface area contributed by atoms with Crippen LogP contribution in [0.4, 0.5) is 4.79 Å². The van der Waals surface area contributed by atoms with Gasteiger partial charge in [-0.1, -0.05) is 51.1 Å². The maximum atomic E-state index is 14.5. The predicted octanol–water partition coefficient (Wildman–Crippen LogP) is 2.67. The molecule has 5 rings (SSSR count). The maximum Gasteiger partial charge on any atom is 0.408 e. The van der Waals surface area contributed by atoms with E-state index in [-0.39, 0.29) is 25.0 Å². The standard InChI is InChI=1S/C37H51NO12/c1-18-22(48-31(44)28(42)26(21-13-11-10-12-14-21)38-32(45)50-33(4,5)6)16-37(46)19(2)29-35(9,30(43)27(41)25(18)34(37,7)8)23(40)15-24-36(29,17-47-24)49-20(3)39/h10-14,19,22-24,26-29,40-42,46H,15-17H2,1-9H3,(H,38,45)/t19-,22-,23-,24+,26-,27+,28+,29-,35+,36-,37+/m0/s1. The molecule has 1 amide bonds. The van der Waals surface area contributed by atoms with E-state index in [0.29, 0.717) is 11.1 Å². The summed E-state index contributed by atoms with van der Waals surface area (Å²) in [6.45, 7) is 14.4. The Morgan fingerprint density at radius 2 is 1.70 bits per heavy atom. The van der Waals surface area contributed by atoms with E-state index in [9.17, 15) is 39.6 Å². The molecule has 5 N–H and O–H groups in total. The molecule has 0 spiro atoms. The molecular weight excluding hydrogens is 650 g/mol. The van der Waals surface area contributed by atoms with Gasteiger partial charge in [-0.2, -0.15) is 0 Å². The second kappa shape index (κ2) is 12.7. The SMILES string of the molecule is CC(=O)O[C@@]12CO[C@@H]1C[C@H](O)[C@@]1(C)C(=O)[C@H](O)C3=C(C)[C@@H](OC(=O)[C@H](O)[C@@H](NC(=O)OC(C)(C)C)c4ccccc4)C[C@@](O)([C@@H](C)[C@H]21)C3(C)C. The Bertz CT molecular complexity index is 1570. The van der Waals surface area contributed by atoms with Gasteiger partial charge in [0.05, 0.1) is 29.8 Å². The molecule has 0 aromatic heterocycles. The van der Waals surface area contributed by atoms with Crippen molar-refractivity contribution < 1.29 is 58.6 Å². The van der Waals surface area contributed by atoms with Crippen LogP contribution in [0.3, 0.4) is 0 Å². The van der Waals surface area contributed by atoms with Crippen molar-refractivity contribution in [1.29, 1.82) is 0 Å². The third kappa shape index (κ3) is 5.84. The minimum absolute atomic E-state index is 0.0245. The highest BCUT2D eigenvalue weighted by Crippen LogP contribution is 2.65. The molecule has 1 aromatic carbocycles. The van der Waals surface area contributed by atoms with Gasteiger partial charge in [0.1, 0.15) is 23.9 Å². The minimum Gasteiger partial charge on any atom is -0.456 e. The summed E-state index contributed by atoms with van der Waals surface area (Å²) in [5.41, 5.74) is -6.21. The number of hydrogen-bond acceptors (Lipinski definition) is 12. The molecule has 276 valence electrons. The predicted molar refractivity (Wildman–Crippen MR) is 177 cm³/mol. The number of hydrogen-bond donors (Lipinski definition) is 5. The molecule has 4 aliphatic rings. The fraction of sp³-hybridized carbons (Fsp3) is 0.676. The first-order valence-electron chi connectivity index (χ1n) is 17.1. The van der Waals surface area contributed by atoms with Crippen LogP contribution in [0.1, 0.15) is 86.8 Å². The lowest BCUT2D eigenvalue weighted by atomic mass is 9.42. The normalized spacial score (nSPS) is 37.4. The van der Waals surface area contributed by atoms with Gasteiger partial charge in [-0.3, -0.25) is 9.59 Å². The molecule has 13 heteroatoms. The largest absolute Gasteiger partial charge is 0.456 e. The number of fused-ring (bicyclic) bond motifs is 5. The summed E-state index contributed by atoms with van der Waals surface area (Å²) in [5, 5.41) is 50.3. The van der Waals surface area contributed by atoms with Crippen LogP contribution in [-0.2, 0) is 33.3 Å². The lowest BCUT2D eigenvalue weighted by molar-refractivity contribution is -0.338. The zero-order chi connectivity index (χ0) is 37.4.